The molecule has 0 aromatic heterocycles. The molecule has 0 saturated heterocycles. The van der Waals surface area contributed by atoms with Crippen LogP contribution in [-0.4, -0.2) is 0 Å². The van der Waals surface area contributed by atoms with Gasteiger partial charge in [0, 0.05) is 0 Å². The molecule has 2 aromatic carbocycles. The van der Waals surface area contributed by atoms with Gasteiger partial charge in [0.1, 0.15) is 0 Å². The Morgan fingerprint density at radius 1 is 0.684 bits per heavy atom. The number of benzene rings is 2. The van der Waals surface area contributed by atoms with Crippen LogP contribution in [0.15, 0.2) is 48.5 Å². The summed E-state index contributed by atoms with van der Waals surface area (Å²) in [5.41, 5.74) is 4.52. The van der Waals surface area contributed by atoms with Gasteiger partial charge in [-0.15, -0.1) is 0 Å². The van der Waals surface area contributed by atoms with Gasteiger partial charge in [-0.05, 0) is 28.7 Å². The molecule has 0 saturated carbocycles. The first-order valence-electron chi connectivity index (χ1n) is 6.22. The molecule has 0 spiro atoms. The van der Waals surface area contributed by atoms with Crippen molar-refractivity contribution in [3.05, 3.63) is 70.8 Å². The first-order valence-corrected chi connectivity index (χ1v) is 6.22. The molecule has 2 nitrogen and oxygen atoms in total. The van der Waals surface area contributed by atoms with Crippen molar-refractivity contribution in [3.8, 4) is 12.1 Å². The van der Waals surface area contributed by atoms with Crippen LogP contribution in [-0.2, 0) is 19.3 Å². The standard InChI is InChI=1S/C17H14N2/c18-11-9-14-5-7-15(8-6-14)13-17-4-2-1-3-16(17)10-12-19/h1-8H,9-10,13H2. The summed E-state index contributed by atoms with van der Waals surface area (Å²) in [5, 5.41) is 17.5. The molecule has 0 aliphatic carbocycles. The second-order valence-electron chi connectivity index (χ2n) is 4.43. The molecule has 0 aliphatic rings. The van der Waals surface area contributed by atoms with Crippen molar-refractivity contribution in [1.82, 2.24) is 0 Å². The summed E-state index contributed by atoms with van der Waals surface area (Å²) in [5.74, 6) is 0. The van der Waals surface area contributed by atoms with Crippen molar-refractivity contribution in [2.75, 3.05) is 0 Å². The van der Waals surface area contributed by atoms with E-state index in [1.807, 2.05) is 30.3 Å². The smallest absolute Gasteiger partial charge is 0.0669 e. The first kappa shape index (κ1) is 12.9. The second kappa shape index (κ2) is 6.38. The third kappa shape index (κ3) is 3.44. The molecule has 2 aromatic rings. The fraction of sp³-hybridized carbons (Fsp3) is 0.176. The van der Waals surface area contributed by atoms with Crippen molar-refractivity contribution in [2.24, 2.45) is 0 Å². The summed E-state index contributed by atoms with van der Waals surface area (Å²) < 4.78 is 0. The zero-order valence-corrected chi connectivity index (χ0v) is 10.6. The molecule has 0 fully saturated rings. The van der Waals surface area contributed by atoms with Gasteiger partial charge in [-0.3, -0.25) is 0 Å². The van der Waals surface area contributed by atoms with Crippen LogP contribution in [0.2, 0.25) is 0 Å². The largest absolute Gasteiger partial charge is 0.198 e. The van der Waals surface area contributed by atoms with Gasteiger partial charge in [-0.1, -0.05) is 48.5 Å². The van der Waals surface area contributed by atoms with Crippen molar-refractivity contribution >= 4 is 0 Å². The Balaban J connectivity index is 2.17. The zero-order valence-electron chi connectivity index (χ0n) is 10.6. The predicted octanol–water partition coefficient (Wildman–Crippen LogP) is 3.41. The maximum Gasteiger partial charge on any atom is 0.0669 e. The Kier molecular flexibility index (Phi) is 4.32. The lowest BCUT2D eigenvalue weighted by Gasteiger charge is -2.07. The van der Waals surface area contributed by atoms with E-state index in [0.717, 1.165) is 17.5 Å². The highest BCUT2D eigenvalue weighted by molar-refractivity contribution is 5.35. The van der Waals surface area contributed by atoms with E-state index >= 15 is 0 Å². The molecule has 19 heavy (non-hydrogen) atoms. The van der Waals surface area contributed by atoms with E-state index in [1.165, 1.54) is 11.1 Å². The summed E-state index contributed by atoms with van der Waals surface area (Å²) in [7, 11) is 0. The van der Waals surface area contributed by atoms with E-state index in [-0.39, 0.29) is 0 Å². The lowest BCUT2D eigenvalue weighted by Crippen LogP contribution is -1.95. The van der Waals surface area contributed by atoms with Gasteiger partial charge in [0.2, 0.25) is 0 Å². The summed E-state index contributed by atoms with van der Waals surface area (Å²) in [4.78, 5) is 0. The molecule has 0 bridgehead atoms. The third-order valence-electron chi connectivity index (χ3n) is 3.09. The average Bonchev–Trinajstić information content (AvgIpc) is 2.44. The Hall–Kier alpha value is -2.58. The summed E-state index contributed by atoms with van der Waals surface area (Å²) in [6.45, 7) is 0. The maximum absolute atomic E-state index is 8.83. The molecule has 0 unspecified atom stereocenters. The Morgan fingerprint density at radius 3 is 1.89 bits per heavy atom. The van der Waals surface area contributed by atoms with Crippen molar-refractivity contribution < 1.29 is 0 Å². The van der Waals surface area contributed by atoms with Gasteiger partial charge in [0.05, 0.1) is 25.0 Å². The summed E-state index contributed by atoms with van der Waals surface area (Å²) in [6, 6.07) is 20.5. The van der Waals surface area contributed by atoms with Crippen LogP contribution in [0.3, 0.4) is 0 Å². The minimum Gasteiger partial charge on any atom is -0.198 e. The highest BCUT2D eigenvalue weighted by Gasteiger charge is 2.03. The van der Waals surface area contributed by atoms with E-state index in [2.05, 4.69) is 30.3 Å². The average molecular weight is 246 g/mol. The predicted molar refractivity (Wildman–Crippen MR) is 74.3 cm³/mol. The van der Waals surface area contributed by atoms with Crippen LogP contribution < -0.4 is 0 Å². The van der Waals surface area contributed by atoms with Gasteiger partial charge in [-0.2, -0.15) is 10.5 Å². The topological polar surface area (TPSA) is 47.6 Å². The molecule has 0 aliphatic heterocycles. The summed E-state index contributed by atoms with van der Waals surface area (Å²) >= 11 is 0. The quantitative estimate of drug-likeness (QED) is 0.830. The van der Waals surface area contributed by atoms with Crippen LogP contribution >= 0.6 is 0 Å². The van der Waals surface area contributed by atoms with Gasteiger partial charge in [0.15, 0.2) is 0 Å². The highest BCUT2D eigenvalue weighted by atomic mass is 14.2. The van der Waals surface area contributed by atoms with Crippen molar-refractivity contribution in [1.29, 1.82) is 10.5 Å². The molecule has 0 radical (unpaired) electrons. The molecule has 0 heterocycles. The SMILES string of the molecule is N#CCc1ccc(Cc2ccccc2CC#N)cc1. The first-order chi connectivity index (χ1) is 9.33. The van der Waals surface area contributed by atoms with Gasteiger partial charge in [0.25, 0.3) is 0 Å². The molecule has 2 heteroatoms. The minimum absolute atomic E-state index is 0.447. The zero-order chi connectivity index (χ0) is 13.5. The third-order valence-corrected chi connectivity index (χ3v) is 3.09. The highest BCUT2D eigenvalue weighted by Crippen LogP contribution is 2.15. The van der Waals surface area contributed by atoms with Crippen LogP contribution in [0, 0.1) is 22.7 Å². The minimum atomic E-state index is 0.447. The number of nitrogens with zero attached hydrogens (tertiary/aromatic N) is 2. The Bertz CT molecular complexity index is 628. The van der Waals surface area contributed by atoms with E-state index in [1.54, 1.807) is 0 Å². The lowest BCUT2D eigenvalue weighted by molar-refractivity contribution is 1.11. The lowest BCUT2D eigenvalue weighted by atomic mass is 9.97. The maximum atomic E-state index is 8.83. The monoisotopic (exact) mass is 246 g/mol. The normalized spacial score (nSPS) is 9.58. The fourth-order valence-corrected chi connectivity index (χ4v) is 2.07. The van der Waals surface area contributed by atoms with E-state index < -0.39 is 0 Å². The van der Waals surface area contributed by atoms with Crippen molar-refractivity contribution in [2.45, 2.75) is 19.3 Å². The van der Waals surface area contributed by atoms with E-state index in [0.29, 0.717) is 12.8 Å². The second-order valence-corrected chi connectivity index (χ2v) is 4.43. The van der Waals surface area contributed by atoms with Crippen LogP contribution in [0.5, 0.6) is 0 Å². The molecule has 0 N–H and O–H groups in total. The summed E-state index contributed by atoms with van der Waals surface area (Å²) in [6.07, 6.45) is 1.72. The van der Waals surface area contributed by atoms with Crippen molar-refractivity contribution in [3.63, 3.8) is 0 Å². The number of hydrogen-bond donors (Lipinski definition) is 0. The molecule has 0 amide bonds. The van der Waals surface area contributed by atoms with Gasteiger partial charge >= 0.3 is 0 Å². The Morgan fingerprint density at radius 2 is 1.26 bits per heavy atom. The van der Waals surface area contributed by atoms with Gasteiger partial charge in [-0.25, -0.2) is 0 Å². The molecule has 92 valence electrons. The fourth-order valence-electron chi connectivity index (χ4n) is 2.07. The van der Waals surface area contributed by atoms with Crippen LogP contribution in [0.4, 0.5) is 0 Å². The molecular weight excluding hydrogens is 232 g/mol. The molecule has 2 rings (SSSR count). The van der Waals surface area contributed by atoms with Crippen LogP contribution in [0.1, 0.15) is 22.3 Å². The van der Waals surface area contributed by atoms with E-state index in [4.69, 9.17) is 10.5 Å². The number of nitriles is 2. The number of hydrogen-bond acceptors (Lipinski definition) is 2. The van der Waals surface area contributed by atoms with Crippen LogP contribution in [0.25, 0.3) is 0 Å². The van der Waals surface area contributed by atoms with Gasteiger partial charge < -0.3 is 0 Å². The number of rotatable bonds is 4. The van der Waals surface area contributed by atoms with E-state index in [9.17, 15) is 0 Å². The molecular formula is C17H14N2. The Labute approximate surface area is 113 Å². The molecule has 0 atom stereocenters.